The van der Waals surface area contributed by atoms with Gasteiger partial charge in [-0.1, -0.05) is 78.9 Å². The summed E-state index contributed by atoms with van der Waals surface area (Å²) in [5.41, 5.74) is 5.14. The Morgan fingerprint density at radius 3 is 2.39 bits per heavy atom. The molecule has 0 bridgehead atoms. The number of carbonyl (C=O) groups is 2. The minimum absolute atomic E-state index is 0.0172. The summed E-state index contributed by atoms with van der Waals surface area (Å²) >= 11 is 0. The second kappa shape index (κ2) is 9.28. The number of piperazine rings is 1. The zero-order chi connectivity index (χ0) is 24.6. The van der Waals surface area contributed by atoms with Gasteiger partial charge in [-0.15, -0.1) is 0 Å². The van der Waals surface area contributed by atoms with Crippen molar-refractivity contribution in [3.63, 3.8) is 0 Å². The van der Waals surface area contributed by atoms with Gasteiger partial charge in [0.15, 0.2) is 0 Å². The van der Waals surface area contributed by atoms with Crippen LogP contribution in [0.4, 0.5) is 0 Å². The van der Waals surface area contributed by atoms with Crippen LogP contribution in [0.2, 0.25) is 0 Å². The van der Waals surface area contributed by atoms with Crippen molar-refractivity contribution in [2.75, 3.05) is 13.1 Å². The van der Waals surface area contributed by atoms with Gasteiger partial charge in [-0.25, -0.2) is 0 Å². The maximum absolute atomic E-state index is 13.8. The van der Waals surface area contributed by atoms with E-state index in [-0.39, 0.29) is 30.9 Å². The smallest absolute Gasteiger partial charge is 0.246 e. The SMILES string of the molecule is O=C1[C@H]2Cc3c([nH]c4ccccc34)C(CCc3ccccc3)N2C(=O)CN1CC(O)c1ccccc1. The number of fused-ring (bicyclic) bond motifs is 4. The van der Waals surface area contributed by atoms with Crippen LogP contribution in [0.1, 0.15) is 41.0 Å². The van der Waals surface area contributed by atoms with Crippen LogP contribution in [-0.4, -0.2) is 50.8 Å². The number of nitrogens with one attached hydrogen (secondary N) is 1. The van der Waals surface area contributed by atoms with E-state index in [0.717, 1.165) is 40.6 Å². The van der Waals surface area contributed by atoms with Crippen molar-refractivity contribution in [2.45, 2.75) is 37.5 Å². The van der Waals surface area contributed by atoms with Gasteiger partial charge in [0.05, 0.1) is 25.2 Å². The van der Waals surface area contributed by atoms with E-state index in [1.165, 1.54) is 10.5 Å². The number of H-pyrrole nitrogens is 1. The highest BCUT2D eigenvalue weighted by Gasteiger charge is 2.47. The van der Waals surface area contributed by atoms with Gasteiger partial charge >= 0.3 is 0 Å². The first kappa shape index (κ1) is 22.6. The van der Waals surface area contributed by atoms with Gasteiger partial charge in [0.2, 0.25) is 11.8 Å². The van der Waals surface area contributed by atoms with Crippen molar-refractivity contribution in [1.29, 1.82) is 0 Å². The fraction of sp³-hybridized carbons (Fsp3) is 0.267. The Balaban J connectivity index is 1.33. The van der Waals surface area contributed by atoms with Gasteiger partial charge in [0.25, 0.3) is 0 Å². The number of aryl methyl sites for hydroxylation is 1. The fourth-order valence-electron chi connectivity index (χ4n) is 5.84. The van der Waals surface area contributed by atoms with E-state index in [4.69, 9.17) is 0 Å². The summed E-state index contributed by atoms with van der Waals surface area (Å²) in [6.45, 7) is 0.0883. The number of aromatic nitrogens is 1. The Morgan fingerprint density at radius 1 is 0.917 bits per heavy atom. The maximum Gasteiger partial charge on any atom is 0.246 e. The van der Waals surface area contributed by atoms with Crippen LogP contribution >= 0.6 is 0 Å². The standard InChI is InChI=1S/C30H29N3O3/c34-27(21-11-5-2-6-12-21)18-32-19-28(35)33-25(16-15-20-9-3-1-4-10-20)29-23(17-26(33)30(32)36)22-13-7-8-14-24(22)31-29/h1-14,25-27,31,34H,15-19H2/t25?,26-,27?/m1/s1. The maximum atomic E-state index is 13.8. The molecule has 0 spiro atoms. The van der Waals surface area contributed by atoms with Crippen molar-refractivity contribution < 1.29 is 14.7 Å². The predicted octanol–water partition coefficient (Wildman–Crippen LogP) is 4.17. The number of aromatic amines is 1. The second-order valence-corrected chi connectivity index (χ2v) is 9.77. The third-order valence-electron chi connectivity index (χ3n) is 7.59. The Hall–Kier alpha value is -3.90. The summed E-state index contributed by atoms with van der Waals surface area (Å²) < 4.78 is 0. The number of nitrogens with zero attached hydrogens (tertiary/aromatic N) is 2. The number of benzene rings is 3. The molecule has 3 aromatic carbocycles. The molecule has 0 radical (unpaired) electrons. The molecule has 2 aliphatic heterocycles. The zero-order valence-corrected chi connectivity index (χ0v) is 20.0. The van der Waals surface area contributed by atoms with Gasteiger partial charge in [0.1, 0.15) is 6.04 Å². The minimum Gasteiger partial charge on any atom is -0.387 e. The monoisotopic (exact) mass is 479 g/mol. The highest BCUT2D eigenvalue weighted by atomic mass is 16.3. The number of amides is 2. The molecule has 0 aliphatic carbocycles. The summed E-state index contributed by atoms with van der Waals surface area (Å²) in [5.74, 6) is -0.160. The van der Waals surface area contributed by atoms with E-state index >= 15 is 0 Å². The number of carbonyl (C=O) groups excluding carboxylic acids is 2. The first-order chi connectivity index (χ1) is 17.6. The number of rotatable bonds is 6. The molecule has 1 saturated heterocycles. The number of aliphatic hydroxyl groups is 1. The molecule has 36 heavy (non-hydrogen) atoms. The van der Waals surface area contributed by atoms with E-state index < -0.39 is 12.1 Å². The Kier molecular flexibility index (Phi) is 5.82. The molecule has 1 aromatic heterocycles. The van der Waals surface area contributed by atoms with E-state index in [1.54, 1.807) is 0 Å². The van der Waals surface area contributed by atoms with Crippen LogP contribution < -0.4 is 0 Å². The number of para-hydroxylation sites is 1. The van der Waals surface area contributed by atoms with E-state index in [1.807, 2.05) is 71.6 Å². The number of hydrogen-bond donors (Lipinski definition) is 2. The Bertz CT molecular complexity index is 1400. The third kappa shape index (κ3) is 3.97. The first-order valence-electron chi connectivity index (χ1n) is 12.6. The molecule has 2 aliphatic rings. The quantitative estimate of drug-likeness (QED) is 0.436. The average molecular weight is 480 g/mol. The fourth-order valence-corrected chi connectivity index (χ4v) is 5.84. The van der Waals surface area contributed by atoms with Gasteiger partial charge < -0.3 is 19.9 Å². The molecule has 6 rings (SSSR count). The number of aliphatic hydroxyl groups excluding tert-OH is 1. The van der Waals surface area contributed by atoms with Crippen molar-refractivity contribution in [3.05, 3.63) is 107 Å². The van der Waals surface area contributed by atoms with E-state index in [9.17, 15) is 14.7 Å². The Labute approximate surface area is 210 Å². The third-order valence-corrected chi connectivity index (χ3v) is 7.59. The lowest BCUT2D eigenvalue weighted by molar-refractivity contribution is -0.161. The van der Waals surface area contributed by atoms with Crippen molar-refractivity contribution >= 4 is 22.7 Å². The molecule has 6 heteroatoms. The molecule has 6 nitrogen and oxygen atoms in total. The number of hydrogen-bond acceptors (Lipinski definition) is 3. The van der Waals surface area contributed by atoms with Crippen LogP contribution in [0.3, 0.4) is 0 Å². The molecule has 4 aromatic rings. The lowest BCUT2D eigenvalue weighted by Gasteiger charge is -2.47. The second-order valence-electron chi connectivity index (χ2n) is 9.77. The predicted molar refractivity (Wildman–Crippen MR) is 138 cm³/mol. The lowest BCUT2D eigenvalue weighted by atomic mass is 9.86. The highest BCUT2D eigenvalue weighted by molar-refractivity contribution is 5.97. The van der Waals surface area contributed by atoms with Crippen molar-refractivity contribution in [2.24, 2.45) is 0 Å². The molecule has 2 amide bonds. The first-order valence-corrected chi connectivity index (χ1v) is 12.6. The normalized spacial score (nSPS) is 20.4. The summed E-state index contributed by atoms with van der Waals surface area (Å²) in [6, 6.07) is 26.9. The highest BCUT2D eigenvalue weighted by Crippen LogP contribution is 2.41. The van der Waals surface area contributed by atoms with Gasteiger partial charge in [-0.05, 0) is 35.6 Å². The average Bonchev–Trinajstić information content (AvgIpc) is 3.29. The van der Waals surface area contributed by atoms with E-state index in [2.05, 4.69) is 23.2 Å². The molecule has 2 unspecified atom stereocenters. The van der Waals surface area contributed by atoms with Crippen LogP contribution in [0.25, 0.3) is 10.9 Å². The van der Waals surface area contributed by atoms with Gasteiger partial charge in [-0.2, -0.15) is 0 Å². The van der Waals surface area contributed by atoms with Gasteiger partial charge in [0, 0.05) is 23.0 Å². The van der Waals surface area contributed by atoms with Crippen molar-refractivity contribution in [3.8, 4) is 0 Å². The summed E-state index contributed by atoms with van der Waals surface area (Å²) in [6.07, 6.45) is 1.17. The topological polar surface area (TPSA) is 76.6 Å². The molecular weight excluding hydrogens is 450 g/mol. The molecular formula is C30H29N3O3. The summed E-state index contributed by atoms with van der Waals surface area (Å²) in [4.78, 5) is 34.3. The Morgan fingerprint density at radius 2 is 1.61 bits per heavy atom. The minimum atomic E-state index is -0.837. The summed E-state index contributed by atoms with van der Waals surface area (Å²) in [7, 11) is 0. The van der Waals surface area contributed by atoms with Crippen LogP contribution in [0.5, 0.6) is 0 Å². The molecule has 0 saturated carbocycles. The number of β-amino-alcohol motifs (C(OH)–C–C–N with tert-alkyl or cyclic N) is 1. The van der Waals surface area contributed by atoms with Crippen molar-refractivity contribution in [1.82, 2.24) is 14.8 Å². The van der Waals surface area contributed by atoms with Gasteiger partial charge in [-0.3, -0.25) is 9.59 Å². The molecule has 1 fully saturated rings. The molecule has 3 heterocycles. The van der Waals surface area contributed by atoms with E-state index in [0.29, 0.717) is 6.42 Å². The molecule has 182 valence electrons. The van der Waals surface area contributed by atoms with Crippen LogP contribution in [-0.2, 0) is 22.4 Å². The molecule has 2 N–H and O–H groups in total. The molecule has 3 atom stereocenters. The zero-order valence-electron chi connectivity index (χ0n) is 20.0. The van der Waals surface area contributed by atoms with Crippen LogP contribution in [0.15, 0.2) is 84.9 Å². The largest absolute Gasteiger partial charge is 0.387 e. The lowest BCUT2D eigenvalue weighted by Crippen LogP contribution is -2.63. The summed E-state index contributed by atoms with van der Waals surface area (Å²) in [5, 5.41) is 11.9. The van der Waals surface area contributed by atoms with Crippen LogP contribution in [0, 0.1) is 0 Å².